The Morgan fingerprint density at radius 2 is 2.00 bits per heavy atom. The van der Waals surface area contributed by atoms with Crippen LogP contribution in [0, 0.1) is 0 Å². The molecule has 0 bridgehead atoms. The van der Waals surface area contributed by atoms with Gasteiger partial charge in [0, 0.05) is 22.5 Å². The first-order valence-corrected chi connectivity index (χ1v) is 7.25. The summed E-state index contributed by atoms with van der Waals surface area (Å²) in [7, 11) is 0. The highest BCUT2D eigenvalue weighted by Crippen LogP contribution is 2.23. The van der Waals surface area contributed by atoms with Gasteiger partial charge in [-0.3, -0.25) is 4.79 Å². The lowest BCUT2D eigenvalue weighted by Gasteiger charge is -2.26. The van der Waals surface area contributed by atoms with E-state index >= 15 is 0 Å². The molecule has 0 radical (unpaired) electrons. The van der Waals surface area contributed by atoms with E-state index in [0.717, 1.165) is 31.1 Å². The van der Waals surface area contributed by atoms with Crippen molar-refractivity contribution in [1.82, 2.24) is 5.32 Å². The van der Waals surface area contributed by atoms with E-state index in [4.69, 9.17) is 21.8 Å². The average Bonchev–Trinajstić information content (AvgIpc) is 2.84. The number of furan rings is 1. The van der Waals surface area contributed by atoms with Crippen molar-refractivity contribution >= 4 is 28.5 Å². The molecule has 1 amide bonds. The number of benzene rings is 1. The van der Waals surface area contributed by atoms with Gasteiger partial charge in [0.1, 0.15) is 5.58 Å². The van der Waals surface area contributed by atoms with E-state index in [1.54, 1.807) is 24.3 Å². The summed E-state index contributed by atoms with van der Waals surface area (Å²) in [6, 6.07) is 7.50. The Kier molecular flexibility index (Phi) is 3.68. The van der Waals surface area contributed by atoms with Gasteiger partial charge in [-0.2, -0.15) is 0 Å². The molecule has 1 aliphatic rings. The third-order valence-electron chi connectivity index (χ3n) is 3.81. The number of halogens is 1. The maximum absolute atomic E-state index is 12.2. The predicted molar refractivity (Wildman–Crippen MR) is 78.9 cm³/mol. The van der Waals surface area contributed by atoms with Crippen LogP contribution in [-0.2, 0) is 0 Å². The first-order valence-electron chi connectivity index (χ1n) is 6.87. The lowest BCUT2D eigenvalue weighted by atomic mass is 9.92. The van der Waals surface area contributed by atoms with E-state index in [1.165, 1.54) is 0 Å². The van der Waals surface area contributed by atoms with Gasteiger partial charge in [-0.1, -0.05) is 11.6 Å². The number of carbonyl (C=O) groups is 1. The van der Waals surface area contributed by atoms with E-state index in [2.05, 4.69) is 5.32 Å². The fraction of sp³-hybridized carbons (Fsp3) is 0.400. The van der Waals surface area contributed by atoms with Crippen LogP contribution in [0.3, 0.4) is 0 Å². The van der Waals surface area contributed by atoms with E-state index in [9.17, 15) is 4.79 Å². The lowest BCUT2D eigenvalue weighted by molar-refractivity contribution is 0.0900. The minimum absolute atomic E-state index is 0.169. The Hall–Kier alpha value is -1.52. The Morgan fingerprint density at radius 3 is 2.75 bits per heavy atom. The van der Waals surface area contributed by atoms with Crippen molar-refractivity contribution in [2.24, 2.45) is 5.73 Å². The molecule has 20 heavy (non-hydrogen) atoms. The van der Waals surface area contributed by atoms with Gasteiger partial charge < -0.3 is 15.5 Å². The van der Waals surface area contributed by atoms with Crippen molar-refractivity contribution in [2.75, 3.05) is 0 Å². The van der Waals surface area contributed by atoms with Crippen molar-refractivity contribution in [1.29, 1.82) is 0 Å². The standard InChI is InChI=1S/C15H17ClN2O2/c16-10-1-6-13-9(7-10)8-14(20-13)15(19)18-12-4-2-11(17)3-5-12/h1,6-8,11-12H,2-5,17H2,(H,18,19)/t11-,12-. The van der Waals surface area contributed by atoms with Crippen LogP contribution in [0.2, 0.25) is 5.02 Å². The maximum atomic E-state index is 12.2. The minimum atomic E-state index is -0.169. The van der Waals surface area contributed by atoms with Crippen LogP contribution in [0.5, 0.6) is 0 Å². The van der Waals surface area contributed by atoms with Gasteiger partial charge in [0.05, 0.1) is 0 Å². The van der Waals surface area contributed by atoms with Crippen molar-refractivity contribution in [2.45, 2.75) is 37.8 Å². The second-order valence-electron chi connectivity index (χ2n) is 5.38. The smallest absolute Gasteiger partial charge is 0.287 e. The van der Waals surface area contributed by atoms with Crippen molar-refractivity contribution < 1.29 is 9.21 Å². The molecule has 1 saturated carbocycles. The molecule has 2 aromatic rings. The second kappa shape index (κ2) is 5.46. The number of hydrogen-bond donors (Lipinski definition) is 2. The van der Waals surface area contributed by atoms with Gasteiger partial charge in [0.15, 0.2) is 5.76 Å². The Balaban J connectivity index is 1.72. The van der Waals surface area contributed by atoms with Gasteiger partial charge in [-0.25, -0.2) is 0 Å². The first-order chi connectivity index (χ1) is 9.61. The van der Waals surface area contributed by atoms with E-state index in [0.29, 0.717) is 16.4 Å². The number of carbonyl (C=O) groups excluding carboxylic acids is 1. The molecule has 1 heterocycles. The number of fused-ring (bicyclic) bond motifs is 1. The first kappa shape index (κ1) is 13.5. The van der Waals surface area contributed by atoms with Crippen LogP contribution in [-0.4, -0.2) is 18.0 Å². The molecule has 0 unspecified atom stereocenters. The van der Waals surface area contributed by atoms with Gasteiger partial charge in [0.2, 0.25) is 0 Å². The molecular formula is C15H17ClN2O2. The van der Waals surface area contributed by atoms with Crippen molar-refractivity contribution in [3.8, 4) is 0 Å². The highest BCUT2D eigenvalue weighted by atomic mass is 35.5. The van der Waals surface area contributed by atoms with Crippen LogP contribution in [0.25, 0.3) is 11.0 Å². The van der Waals surface area contributed by atoms with Gasteiger partial charge >= 0.3 is 0 Å². The molecule has 106 valence electrons. The van der Waals surface area contributed by atoms with E-state index < -0.39 is 0 Å². The van der Waals surface area contributed by atoms with Gasteiger partial charge in [-0.05, 0) is 49.9 Å². The van der Waals surface area contributed by atoms with Crippen molar-refractivity contribution in [3.63, 3.8) is 0 Å². The zero-order valence-electron chi connectivity index (χ0n) is 11.1. The monoisotopic (exact) mass is 292 g/mol. The molecule has 1 aromatic heterocycles. The van der Waals surface area contributed by atoms with E-state index in [1.807, 2.05) is 0 Å². The number of rotatable bonds is 2. The minimum Gasteiger partial charge on any atom is -0.451 e. The summed E-state index contributed by atoms with van der Waals surface area (Å²) < 4.78 is 5.55. The molecule has 0 spiro atoms. The van der Waals surface area contributed by atoms with Crippen LogP contribution in [0.15, 0.2) is 28.7 Å². The third kappa shape index (κ3) is 2.81. The van der Waals surface area contributed by atoms with Gasteiger partial charge in [0.25, 0.3) is 5.91 Å². The number of nitrogens with one attached hydrogen (secondary N) is 1. The molecule has 1 aliphatic carbocycles. The maximum Gasteiger partial charge on any atom is 0.287 e. The quantitative estimate of drug-likeness (QED) is 0.894. The number of nitrogens with two attached hydrogens (primary N) is 1. The van der Waals surface area contributed by atoms with Gasteiger partial charge in [-0.15, -0.1) is 0 Å². The normalized spacial score (nSPS) is 22.9. The highest BCUT2D eigenvalue weighted by molar-refractivity contribution is 6.31. The summed E-state index contributed by atoms with van der Waals surface area (Å²) in [6.45, 7) is 0. The molecule has 3 N–H and O–H groups in total. The van der Waals surface area contributed by atoms with Crippen LogP contribution in [0.1, 0.15) is 36.2 Å². The average molecular weight is 293 g/mol. The fourth-order valence-electron chi connectivity index (χ4n) is 2.65. The SMILES string of the molecule is N[C@H]1CC[C@H](NC(=O)c2cc3cc(Cl)ccc3o2)CC1. The summed E-state index contributed by atoms with van der Waals surface area (Å²) in [5.74, 6) is 0.162. The number of hydrogen-bond acceptors (Lipinski definition) is 3. The predicted octanol–water partition coefficient (Wildman–Crippen LogP) is 3.09. The largest absolute Gasteiger partial charge is 0.451 e. The number of amides is 1. The third-order valence-corrected chi connectivity index (χ3v) is 4.04. The molecule has 4 nitrogen and oxygen atoms in total. The van der Waals surface area contributed by atoms with Crippen LogP contribution < -0.4 is 11.1 Å². The summed E-state index contributed by atoms with van der Waals surface area (Å²) in [5, 5.41) is 4.48. The molecule has 1 fully saturated rings. The fourth-order valence-corrected chi connectivity index (χ4v) is 2.83. The molecular weight excluding hydrogens is 276 g/mol. The Bertz CT molecular complexity index is 630. The molecule has 0 atom stereocenters. The van der Waals surface area contributed by atoms with Crippen LogP contribution >= 0.6 is 11.6 Å². The molecule has 1 aromatic carbocycles. The molecule has 0 aliphatic heterocycles. The molecule has 5 heteroatoms. The summed E-state index contributed by atoms with van der Waals surface area (Å²) in [4.78, 5) is 12.2. The summed E-state index contributed by atoms with van der Waals surface area (Å²) >= 11 is 5.92. The molecule has 3 rings (SSSR count). The Morgan fingerprint density at radius 1 is 1.25 bits per heavy atom. The summed E-state index contributed by atoms with van der Waals surface area (Å²) in [5.41, 5.74) is 6.53. The zero-order valence-corrected chi connectivity index (χ0v) is 11.8. The molecule has 0 saturated heterocycles. The summed E-state index contributed by atoms with van der Waals surface area (Å²) in [6.07, 6.45) is 3.78. The zero-order chi connectivity index (χ0) is 14.1. The van der Waals surface area contributed by atoms with Crippen LogP contribution in [0.4, 0.5) is 0 Å². The van der Waals surface area contributed by atoms with E-state index in [-0.39, 0.29) is 18.0 Å². The topological polar surface area (TPSA) is 68.3 Å². The lowest BCUT2D eigenvalue weighted by Crippen LogP contribution is -2.40. The van der Waals surface area contributed by atoms with Crippen molar-refractivity contribution in [3.05, 3.63) is 35.0 Å². The second-order valence-corrected chi connectivity index (χ2v) is 5.81. The highest BCUT2D eigenvalue weighted by Gasteiger charge is 2.22. The Labute approximate surface area is 122 Å².